The molecule has 2 aromatic carbocycles. The first-order valence-corrected chi connectivity index (χ1v) is 7.73. The van der Waals surface area contributed by atoms with Gasteiger partial charge < -0.3 is 9.47 Å². The van der Waals surface area contributed by atoms with Crippen LogP contribution in [0.5, 0.6) is 0 Å². The number of methoxy groups -OCH3 is 2. The van der Waals surface area contributed by atoms with Gasteiger partial charge in [-0.1, -0.05) is 35.9 Å². The summed E-state index contributed by atoms with van der Waals surface area (Å²) in [5, 5.41) is 0.195. The lowest BCUT2D eigenvalue weighted by molar-refractivity contribution is -0.106. The molecule has 0 radical (unpaired) electrons. The molecular weight excluding hydrogens is 311 g/mol. The zero-order valence-corrected chi connectivity index (χ0v) is 13.4. The Balaban J connectivity index is 2.02. The molecule has 0 amide bonds. The highest BCUT2D eigenvalue weighted by molar-refractivity contribution is 7.98. The summed E-state index contributed by atoms with van der Waals surface area (Å²) >= 11 is 7.54. The molecule has 2 aromatic rings. The van der Waals surface area contributed by atoms with E-state index in [9.17, 15) is 4.39 Å². The molecule has 21 heavy (non-hydrogen) atoms. The third kappa shape index (κ3) is 4.20. The summed E-state index contributed by atoms with van der Waals surface area (Å²) in [5.74, 6) is 0.238. The van der Waals surface area contributed by atoms with E-state index >= 15 is 0 Å². The van der Waals surface area contributed by atoms with E-state index in [1.54, 1.807) is 32.0 Å². The van der Waals surface area contributed by atoms with Crippen LogP contribution in [0.2, 0.25) is 5.02 Å². The van der Waals surface area contributed by atoms with Gasteiger partial charge in [0, 0.05) is 30.4 Å². The Morgan fingerprint density at radius 3 is 2.38 bits per heavy atom. The molecule has 5 heteroatoms. The van der Waals surface area contributed by atoms with Crippen molar-refractivity contribution in [3.8, 4) is 0 Å². The molecule has 2 rings (SSSR count). The van der Waals surface area contributed by atoms with Crippen LogP contribution in [0, 0.1) is 5.82 Å². The van der Waals surface area contributed by atoms with Gasteiger partial charge >= 0.3 is 0 Å². The standard InChI is InChI=1S/C16H16ClFO2S/c1-19-16(20-2)11-6-8-13(9-7-11)21-10-12-4-3-5-14(18)15(12)17/h3-9,16H,10H2,1-2H3. The number of halogens is 2. The van der Waals surface area contributed by atoms with Crippen LogP contribution < -0.4 is 0 Å². The number of hydrogen-bond acceptors (Lipinski definition) is 3. The first kappa shape index (κ1) is 16.3. The van der Waals surface area contributed by atoms with Gasteiger partial charge in [-0.3, -0.25) is 0 Å². The number of hydrogen-bond donors (Lipinski definition) is 0. The Morgan fingerprint density at radius 2 is 1.76 bits per heavy atom. The van der Waals surface area contributed by atoms with Gasteiger partial charge in [0.05, 0.1) is 5.02 Å². The van der Waals surface area contributed by atoms with Gasteiger partial charge in [-0.05, 0) is 23.8 Å². The Hall–Kier alpha value is -1.07. The average Bonchev–Trinajstić information content (AvgIpc) is 2.51. The van der Waals surface area contributed by atoms with Crippen LogP contribution in [0.4, 0.5) is 4.39 Å². The summed E-state index contributed by atoms with van der Waals surface area (Å²) in [6, 6.07) is 12.7. The first-order chi connectivity index (χ1) is 10.2. The van der Waals surface area contributed by atoms with Crippen molar-refractivity contribution in [1.82, 2.24) is 0 Å². The number of ether oxygens (including phenoxy) is 2. The molecule has 0 saturated heterocycles. The number of benzene rings is 2. The molecule has 0 aliphatic carbocycles. The average molecular weight is 327 g/mol. The number of thioether (sulfide) groups is 1. The highest BCUT2D eigenvalue weighted by Crippen LogP contribution is 2.29. The quantitative estimate of drug-likeness (QED) is 0.546. The predicted molar refractivity (Wildman–Crippen MR) is 84.2 cm³/mol. The second kappa shape index (κ2) is 7.80. The van der Waals surface area contributed by atoms with E-state index in [1.165, 1.54) is 6.07 Å². The first-order valence-electron chi connectivity index (χ1n) is 6.37. The van der Waals surface area contributed by atoms with Gasteiger partial charge in [0.25, 0.3) is 0 Å². The minimum Gasteiger partial charge on any atom is -0.352 e. The third-order valence-corrected chi connectivity index (χ3v) is 4.49. The van der Waals surface area contributed by atoms with Crippen molar-refractivity contribution in [2.24, 2.45) is 0 Å². The summed E-state index contributed by atoms with van der Waals surface area (Å²) in [7, 11) is 3.20. The van der Waals surface area contributed by atoms with Crippen molar-refractivity contribution >= 4 is 23.4 Å². The van der Waals surface area contributed by atoms with E-state index in [2.05, 4.69) is 0 Å². The van der Waals surface area contributed by atoms with Crippen molar-refractivity contribution in [1.29, 1.82) is 0 Å². The third-order valence-electron chi connectivity index (χ3n) is 3.01. The maximum Gasteiger partial charge on any atom is 0.183 e. The molecular formula is C16H16ClFO2S. The molecule has 0 saturated carbocycles. The second-order valence-corrected chi connectivity index (χ2v) is 5.80. The maximum atomic E-state index is 13.4. The van der Waals surface area contributed by atoms with Gasteiger partial charge in [-0.2, -0.15) is 0 Å². The van der Waals surface area contributed by atoms with E-state index in [0.717, 1.165) is 16.0 Å². The smallest absolute Gasteiger partial charge is 0.183 e. The minimum absolute atomic E-state index is 0.195. The Morgan fingerprint density at radius 1 is 1.10 bits per heavy atom. The van der Waals surface area contributed by atoms with Gasteiger partial charge in [-0.25, -0.2) is 4.39 Å². The summed E-state index contributed by atoms with van der Waals surface area (Å²) in [4.78, 5) is 1.07. The lowest BCUT2D eigenvalue weighted by Crippen LogP contribution is -2.02. The van der Waals surface area contributed by atoms with Gasteiger partial charge in [-0.15, -0.1) is 11.8 Å². The summed E-state index contributed by atoms with van der Waals surface area (Å²) in [6.45, 7) is 0. The lowest BCUT2D eigenvalue weighted by Gasteiger charge is -2.13. The molecule has 0 fully saturated rings. The van der Waals surface area contributed by atoms with Crippen molar-refractivity contribution in [3.63, 3.8) is 0 Å². The van der Waals surface area contributed by atoms with Crippen molar-refractivity contribution in [3.05, 3.63) is 64.4 Å². The molecule has 0 aromatic heterocycles. The fourth-order valence-electron chi connectivity index (χ4n) is 1.91. The monoisotopic (exact) mass is 326 g/mol. The predicted octanol–water partition coefficient (Wildman–Crippen LogP) is 5.06. The molecule has 0 unspecified atom stereocenters. The fraction of sp³-hybridized carbons (Fsp3) is 0.250. The molecule has 2 nitrogen and oxygen atoms in total. The van der Waals surface area contributed by atoms with Crippen molar-refractivity contribution in [2.45, 2.75) is 16.9 Å². The van der Waals surface area contributed by atoms with Gasteiger partial charge in [0.2, 0.25) is 0 Å². The molecule has 0 N–H and O–H groups in total. The zero-order valence-electron chi connectivity index (χ0n) is 11.8. The Bertz CT molecular complexity index is 585. The highest BCUT2D eigenvalue weighted by atomic mass is 35.5. The minimum atomic E-state index is -0.381. The van der Waals surface area contributed by atoms with Gasteiger partial charge in [0.1, 0.15) is 5.82 Å². The summed E-state index contributed by atoms with van der Waals surface area (Å²) in [5.41, 5.74) is 1.74. The molecule has 0 aliphatic rings. The molecule has 0 heterocycles. The zero-order chi connectivity index (χ0) is 15.2. The molecule has 0 bridgehead atoms. The van der Waals surface area contributed by atoms with Crippen LogP contribution in [0.25, 0.3) is 0 Å². The van der Waals surface area contributed by atoms with E-state index in [0.29, 0.717) is 5.75 Å². The van der Waals surface area contributed by atoms with Gasteiger partial charge in [0.15, 0.2) is 6.29 Å². The largest absolute Gasteiger partial charge is 0.352 e. The maximum absolute atomic E-state index is 13.4. The molecule has 0 atom stereocenters. The highest BCUT2D eigenvalue weighted by Gasteiger charge is 2.09. The summed E-state index contributed by atoms with van der Waals surface area (Å²) < 4.78 is 23.7. The Labute approximate surface area is 133 Å². The van der Waals surface area contributed by atoms with E-state index in [4.69, 9.17) is 21.1 Å². The van der Waals surface area contributed by atoms with Crippen LogP contribution >= 0.6 is 23.4 Å². The van der Waals surface area contributed by atoms with Crippen LogP contribution in [0.15, 0.2) is 47.4 Å². The molecule has 0 spiro atoms. The van der Waals surface area contributed by atoms with E-state index < -0.39 is 0 Å². The fourth-order valence-corrected chi connectivity index (χ4v) is 3.07. The van der Waals surface area contributed by atoms with E-state index in [1.807, 2.05) is 30.3 Å². The Kier molecular flexibility index (Phi) is 6.06. The normalized spacial score (nSPS) is 11.1. The van der Waals surface area contributed by atoms with Crippen LogP contribution in [-0.2, 0) is 15.2 Å². The van der Waals surface area contributed by atoms with Crippen molar-refractivity contribution in [2.75, 3.05) is 14.2 Å². The second-order valence-electron chi connectivity index (χ2n) is 4.37. The SMILES string of the molecule is COC(OC)c1ccc(SCc2cccc(F)c2Cl)cc1. The topological polar surface area (TPSA) is 18.5 Å². The van der Waals surface area contributed by atoms with Crippen LogP contribution in [0.1, 0.15) is 17.4 Å². The molecule has 0 aliphatic heterocycles. The lowest BCUT2D eigenvalue weighted by atomic mass is 10.2. The van der Waals surface area contributed by atoms with E-state index in [-0.39, 0.29) is 17.1 Å². The van der Waals surface area contributed by atoms with Crippen LogP contribution in [0.3, 0.4) is 0 Å². The van der Waals surface area contributed by atoms with Crippen LogP contribution in [-0.4, -0.2) is 14.2 Å². The molecule has 112 valence electrons. The van der Waals surface area contributed by atoms with Crippen molar-refractivity contribution < 1.29 is 13.9 Å². The summed E-state index contributed by atoms with van der Waals surface area (Å²) in [6.07, 6.45) is -0.360. The number of rotatable bonds is 6.